The van der Waals surface area contributed by atoms with Crippen molar-refractivity contribution in [3.8, 4) is 11.1 Å². The molecule has 0 spiro atoms. The molecule has 2 aliphatic heterocycles. The molecule has 0 radical (unpaired) electrons. The van der Waals surface area contributed by atoms with Crippen LogP contribution in [0, 0.1) is 5.92 Å². The second kappa shape index (κ2) is 7.49. The van der Waals surface area contributed by atoms with E-state index in [0.717, 1.165) is 60.6 Å². The first-order valence-corrected chi connectivity index (χ1v) is 9.55. The SMILES string of the molecule is CC1CCN(CC2=Cc3ccc(-c4ccc(C=O)cc4)cc3N=C(N)C2)C1. The van der Waals surface area contributed by atoms with Crippen molar-refractivity contribution in [1.29, 1.82) is 0 Å². The standard InChI is InChI=1S/C23H25N3O/c1-16-8-9-26(13-16)14-18-10-21-7-6-20(12-22(21)25-23(24)11-18)19-4-2-17(15-27)3-5-19/h2-7,10,12,15-16H,8-9,11,13-14H2,1H3,(H2,24,25). The number of carbonyl (C=O) groups is 1. The van der Waals surface area contributed by atoms with Gasteiger partial charge in [-0.2, -0.15) is 0 Å². The van der Waals surface area contributed by atoms with Crippen molar-refractivity contribution in [2.24, 2.45) is 16.6 Å². The molecule has 4 nitrogen and oxygen atoms in total. The first-order chi connectivity index (χ1) is 13.1. The van der Waals surface area contributed by atoms with Gasteiger partial charge in [-0.25, -0.2) is 4.99 Å². The molecule has 2 heterocycles. The Morgan fingerprint density at radius 2 is 1.96 bits per heavy atom. The molecule has 1 saturated heterocycles. The summed E-state index contributed by atoms with van der Waals surface area (Å²) in [6.07, 6.45) is 5.11. The Balaban J connectivity index is 1.62. The average Bonchev–Trinajstić information content (AvgIpc) is 3.00. The van der Waals surface area contributed by atoms with Gasteiger partial charge in [0.05, 0.1) is 5.69 Å². The van der Waals surface area contributed by atoms with E-state index >= 15 is 0 Å². The maximum Gasteiger partial charge on any atom is 0.150 e. The highest BCUT2D eigenvalue weighted by molar-refractivity contribution is 5.91. The number of hydrogen-bond acceptors (Lipinski definition) is 4. The number of amidine groups is 1. The molecule has 0 aromatic heterocycles. The quantitative estimate of drug-likeness (QED) is 0.829. The average molecular weight is 359 g/mol. The third-order valence-corrected chi connectivity index (χ3v) is 5.38. The molecule has 2 aliphatic rings. The lowest BCUT2D eigenvalue weighted by Gasteiger charge is -2.17. The summed E-state index contributed by atoms with van der Waals surface area (Å²) >= 11 is 0. The predicted molar refractivity (Wildman–Crippen MR) is 111 cm³/mol. The summed E-state index contributed by atoms with van der Waals surface area (Å²) in [5.74, 6) is 1.45. The van der Waals surface area contributed by atoms with E-state index in [9.17, 15) is 4.79 Å². The van der Waals surface area contributed by atoms with Crippen LogP contribution in [0.1, 0.15) is 35.7 Å². The fourth-order valence-electron chi connectivity index (χ4n) is 3.95. The second-order valence-electron chi connectivity index (χ2n) is 7.72. The number of rotatable bonds is 4. The molecule has 2 aromatic rings. The van der Waals surface area contributed by atoms with E-state index in [1.165, 1.54) is 12.0 Å². The molecule has 1 fully saturated rings. The fraction of sp³-hybridized carbons (Fsp3) is 0.304. The Labute approximate surface area is 160 Å². The van der Waals surface area contributed by atoms with Crippen LogP contribution in [0.5, 0.6) is 0 Å². The number of nitrogens with zero attached hydrogens (tertiary/aromatic N) is 2. The molecule has 0 saturated carbocycles. The molecular weight excluding hydrogens is 334 g/mol. The smallest absolute Gasteiger partial charge is 0.150 e. The Morgan fingerprint density at radius 1 is 1.19 bits per heavy atom. The maximum absolute atomic E-state index is 10.9. The van der Waals surface area contributed by atoms with Crippen LogP contribution in [0.4, 0.5) is 5.69 Å². The minimum Gasteiger partial charge on any atom is -0.387 e. The topological polar surface area (TPSA) is 58.7 Å². The summed E-state index contributed by atoms with van der Waals surface area (Å²) < 4.78 is 0. The number of aldehydes is 1. The van der Waals surface area contributed by atoms with Crippen molar-refractivity contribution in [1.82, 2.24) is 4.90 Å². The van der Waals surface area contributed by atoms with Crippen LogP contribution in [-0.2, 0) is 0 Å². The van der Waals surface area contributed by atoms with Crippen LogP contribution in [0.3, 0.4) is 0 Å². The molecule has 2 aromatic carbocycles. The van der Waals surface area contributed by atoms with E-state index in [1.807, 2.05) is 24.3 Å². The first kappa shape index (κ1) is 17.7. The summed E-state index contributed by atoms with van der Waals surface area (Å²) in [5, 5.41) is 0. The first-order valence-electron chi connectivity index (χ1n) is 9.55. The number of aliphatic imine (C=N–C) groups is 1. The van der Waals surface area contributed by atoms with Gasteiger partial charge in [0.2, 0.25) is 0 Å². The van der Waals surface area contributed by atoms with E-state index in [1.54, 1.807) is 0 Å². The summed E-state index contributed by atoms with van der Waals surface area (Å²) in [6.45, 7) is 5.61. The van der Waals surface area contributed by atoms with E-state index in [2.05, 4.69) is 41.1 Å². The number of benzene rings is 2. The van der Waals surface area contributed by atoms with Gasteiger partial charge < -0.3 is 5.73 Å². The Kier molecular flexibility index (Phi) is 4.90. The van der Waals surface area contributed by atoms with Gasteiger partial charge in [-0.15, -0.1) is 0 Å². The number of nitrogens with two attached hydrogens (primary N) is 1. The van der Waals surface area contributed by atoms with Gasteiger partial charge in [0.1, 0.15) is 12.1 Å². The molecule has 4 heteroatoms. The van der Waals surface area contributed by atoms with Crippen LogP contribution in [0.25, 0.3) is 17.2 Å². The fourth-order valence-corrected chi connectivity index (χ4v) is 3.95. The van der Waals surface area contributed by atoms with Crippen molar-refractivity contribution >= 4 is 23.9 Å². The van der Waals surface area contributed by atoms with Crippen molar-refractivity contribution in [3.05, 3.63) is 59.2 Å². The predicted octanol–water partition coefficient (Wildman–Crippen LogP) is 4.28. The maximum atomic E-state index is 10.9. The molecule has 138 valence electrons. The normalized spacial score (nSPS) is 19.8. The molecule has 27 heavy (non-hydrogen) atoms. The van der Waals surface area contributed by atoms with Gasteiger partial charge in [-0.05, 0) is 41.6 Å². The minimum absolute atomic E-state index is 0.667. The van der Waals surface area contributed by atoms with E-state index < -0.39 is 0 Å². The van der Waals surface area contributed by atoms with Gasteiger partial charge in [0.15, 0.2) is 0 Å². The van der Waals surface area contributed by atoms with Crippen molar-refractivity contribution in [3.63, 3.8) is 0 Å². The van der Waals surface area contributed by atoms with E-state index in [0.29, 0.717) is 11.4 Å². The molecule has 1 unspecified atom stereocenters. The number of hydrogen-bond donors (Lipinski definition) is 1. The van der Waals surface area contributed by atoms with Gasteiger partial charge in [0, 0.05) is 30.6 Å². The number of fused-ring (bicyclic) bond motifs is 1. The number of carbonyl (C=O) groups excluding carboxylic acids is 1. The number of likely N-dealkylation sites (tertiary alicyclic amines) is 1. The molecule has 2 N–H and O–H groups in total. The highest BCUT2D eigenvalue weighted by Gasteiger charge is 2.20. The van der Waals surface area contributed by atoms with Crippen LogP contribution >= 0.6 is 0 Å². The largest absolute Gasteiger partial charge is 0.387 e. The summed E-state index contributed by atoms with van der Waals surface area (Å²) in [5.41, 5.74) is 12.4. The second-order valence-corrected chi connectivity index (χ2v) is 7.72. The van der Waals surface area contributed by atoms with Crippen molar-refractivity contribution in [2.75, 3.05) is 19.6 Å². The minimum atomic E-state index is 0.667. The van der Waals surface area contributed by atoms with Gasteiger partial charge in [0.25, 0.3) is 0 Å². The zero-order valence-electron chi connectivity index (χ0n) is 15.7. The summed E-state index contributed by atoms with van der Waals surface area (Å²) in [4.78, 5) is 18.0. The molecule has 0 amide bonds. The van der Waals surface area contributed by atoms with Gasteiger partial charge in [-0.3, -0.25) is 9.69 Å². The van der Waals surface area contributed by atoms with Gasteiger partial charge in [-0.1, -0.05) is 49.4 Å². The Bertz CT molecular complexity index is 912. The van der Waals surface area contributed by atoms with Gasteiger partial charge >= 0.3 is 0 Å². The molecular formula is C23H25N3O. The Hall–Kier alpha value is -2.72. The molecule has 0 bridgehead atoms. The third-order valence-electron chi connectivity index (χ3n) is 5.38. The van der Waals surface area contributed by atoms with Crippen molar-refractivity contribution in [2.45, 2.75) is 19.8 Å². The summed E-state index contributed by atoms with van der Waals surface area (Å²) in [7, 11) is 0. The van der Waals surface area contributed by atoms with Crippen LogP contribution in [0.15, 0.2) is 53.0 Å². The van der Waals surface area contributed by atoms with Crippen molar-refractivity contribution < 1.29 is 4.79 Å². The lowest BCUT2D eigenvalue weighted by atomic mass is 10.0. The van der Waals surface area contributed by atoms with E-state index in [-0.39, 0.29) is 0 Å². The third kappa shape index (κ3) is 4.01. The zero-order valence-corrected chi connectivity index (χ0v) is 15.7. The monoisotopic (exact) mass is 359 g/mol. The lowest BCUT2D eigenvalue weighted by Crippen LogP contribution is -2.24. The zero-order chi connectivity index (χ0) is 18.8. The molecule has 0 aliphatic carbocycles. The highest BCUT2D eigenvalue weighted by atomic mass is 16.1. The van der Waals surface area contributed by atoms with E-state index in [4.69, 9.17) is 5.73 Å². The van der Waals surface area contributed by atoms with Crippen LogP contribution in [-0.4, -0.2) is 36.7 Å². The highest BCUT2D eigenvalue weighted by Crippen LogP contribution is 2.32. The molecule has 4 rings (SSSR count). The Morgan fingerprint density at radius 3 is 2.67 bits per heavy atom. The summed E-state index contributed by atoms with van der Waals surface area (Å²) in [6, 6.07) is 13.9. The lowest BCUT2D eigenvalue weighted by molar-refractivity contribution is 0.112. The molecule has 1 atom stereocenters. The van der Waals surface area contributed by atoms with Crippen LogP contribution < -0.4 is 5.73 Å². The van der Waals surface area contributed by atoms with Crippen LogP contribution in [0.2, 0.25) is 0 Å².